The third kappa shape index (κ3) is 28.7. The maximum atomic E-state index is 11.7. The molecule has 0 aromatic rings. The predicted molar refractivity (Wildman–Crippen MR) is 168 cm³/mol. The largest absolute Gasteiger partial charge is 0.535 e. The molecule has 0 saturated carbocycles. The lowest BCUT2D eigenvalue weighted by atomic mass is 10.2. The smallest absolute Gasteiger partial charge is 0.356 e. The van der Waals surface area contributed by atoms with E-state index in [4.69, 9.17) is 4.52 Å². The number of phosphoric ester groups is 1. The highest BCUT2D eigenvalue weighted by molar-refractivity contribution is 7.47. The van der Waals surface area contributed by atoms with Crippen molar-refractivity contribution in [3.05, 3.63) is 52.3 Å². The average Bonchev–Trinajstić information content (AvgIpc) is 3.00. The normalized spacial score (nSPS) is 8.16. The van der Waals surface area contributed by atoms with Gasteiger partial charge in [0, 0.05) is 60.8 Å². The van der Waals surface area contributed by atoms with Crippen LogP contribution in [0.1, 0.15) is 46.0 Å². The van der Waals surface area contributed by atoms with Crippen molar-refractivity contribution in [1.82, 2.24) is 5.32 Å². The Labute approximate surface area is 260 Å². The maximum Gasteiger partial charge on any atom is 0.535 e. The fourth-order valence-corrected chi connectivity index (χ4v) is 2.73. The Kier molecular flexibility index (Phi) is 24.1. The van der Waals surface area contributed by atoms with E-state index in [2.05, 4.69) is 157 Å². The van der Waals surface area contributed by atoms with Crippen LogP contribution in [0.3, 0.4) is 0 Å². The van der Waals surface area contributed by atoms with E-state index in [0.717, 1.165) is 19.3 Å². The summed E-state index contributed by atoms with van der Waals surface area (Å²) in [5.74, 6) is 42.2. The molecule has 0 radical (unpaired) electrons. The number of hydrogen-bond donors (Lipinski definition) is 2. The van der Waals surface area contributed by atoms with Crippen molar-refractivity contribution in [1.29, 1.82) is 0 Å². The summed E-state index contributed by atoms with van der Waals surface area (Å²) < 4.78 is 21.0. The van der Waals surface area contributed by atoms with Crippen LogP contribution in [0.4, 0.5) is 0 Å². The fourth-order valence-electron chi connectivity index (χ4n) is 2.15. The van der Waals surface area contributed by atoms with Gasteiger partial charge in [-0.1, -0.05) is 25.5 Å². The standard InChI is InChI=1S/C37H24NO5P/c1-4-6-7-8-21-26-31-37(5-2)32-27-22-19-17-15-13-11-9-10-12-14-16-18-20-24-29-34-42-44(40,41)43-35-30-25-23-28-33-38-36(3)39/h1,5,23,25,28,30,33,35H2,2-3H3,(H,38,39)(H,40,41). The van der Waals surface area contributed by atoms with Crippen molar-refractivity contribution in [2.24, 2.45) is 0 Å². The van der Waals surface area contributed by atoms with Crippen LogP contribution in [0.2, 0.25) is 0 Å². The highest BCUT2D eigenvalue weighted by atomic mass is 31.2. The Hall–Kier alpha value is -6.34. The van der Waals surface area contributed by atoms with Gasteiger partial charge < -0.3 is 9.84 Å². The van der Waals surface area contributed by atoms with E-state index >= 15 is 0 Å². The number of rotatable bonds is 10. The van der Waals surface area contributed by atoms with Crippen molar-refractivity contribution in [2.75, 3.05) is 13.2 Å². The molecule has 0 aromatic carbocycles. The molecule has 212 valence electrons. The molecule has 6 nitrogen and oxygen atoms in total. The molecule has 44 heavy (non-hydrogen) atoms. The second-order valence-electron chi connectivity index (χ2n) is 7.28. The van der Waals surface area contributed by atoms with Crippen LogP contribution in [-0.4, -0.2) is 24.0 Å². The van der Waals surface area contributed by atoms with E-state index in [0.29, 0.717) is 25.0 Å². The van der Waals surface area contributed by atoms with E-state index in [-0.39, 0.29) is 12.5 Å². The maximum absolute atomic E-state index is 11.7. The number of allylic oxidation sites excluding steroid dienone is 1. The molecule has 0 bridgehead atoms. The number of carbonyl (C=O) groups excluding carboxylic acids is 1. The molecule has 0 aliphatic carbocycles. The van der Waals surface area contributed by atoms with Gasteiger partial charge >= 0.3 is 7.82 Å². The van der Waals surface area contributed by atoms with Gasteiger partial charge in [0.2, 0.25) is 5.91 Å². The molecule has 2 N–H and O–H groups in total. The third-order valence-electron chi connectivity index (χ3n) is 3.97. The van der Waals surface area contributed by atoms with E-state index in [1.165, 1.54) is 6.92 Å². The van der Waals surface area contributed by atoms with Gasteiger partial charge in [-0.25, -0.2) is 4.57 Å². The average molecular weight is 594 g/mol. The van der Waals surface area contributed by atoms with Gasteiger partial charge in [-0.2, -0.15) is 0 Å². The van der Waals surface area contributed by atoms with Gasteiger partial charge in [-0.3, -0.25) is 14.2 Å². The SMILES string of the molecule is C=C=C=C=C=C=C=C=C(C#CC#CC#CC#CC#CC#CC#CC#CC#COP(=O)(O)OCCCCCCNC(C)=O)CC. The molecule has 0 aliphatic rings. The quantitative estimate of drug-likeness (QED) is 0.174. The molecule has 1 unspecified atom stereocenters. The summed E-state index contributed by atoms with van der Waals surface area (Å²) in [6.45, 7) is 7.36. The summed E-state index contributed by atoms with van der Waals surface area (Å²) in [7, 11) is -4.29. The summed E-state index contributed by atoms with van der Waals surface area (Å²) in [5, 5.41) is 2.69. The fraction of sp³-hybridized carbons (Fsp3) is 0.243. The molecule has 1 atom stereocenters. The minimum Gasteiger partial charge on any atom is -0.356 e. The van der Waals surface area contributed by atoms with Crippen LogP contribution in [0.25, 0.3) is 0 Å². The minimum atomic E-state index is -4.29. The second kappa shape index (κ2) is 28.2. The zero-order chi connectivity index (χ0) is 32.4. The highest BCUT2D eigenvalue weighted by Crippen LogP contribution is 2.42. The van der Waals surface area contributed by atoms with Crippen LogP contribution in [0, 0.1) is 107 Å². The Balaban J connectivity index is 4.56. The Bertz CT molecular complexity index is 1970. The van der Waals surface area contributed by atoms with Crippen molar-refractivity contribution in [2.45, 2.75) is 46.0 Å². The molecule has 1 amide bonds. The van der Waals surface area contributed by atoms with E-state index in [1.807, 2.05) is 13.0 Å². The lowest BCUT2D eigenvalue weighted by Crippen LogP contribution is -2.20. The van der Waals surface area contributed by atoms with Crippen LogP contribution < -0.4 is 5.32 Å². The lowest BCUT2D eigenvalue weighted by Gasteiger charge is -2.08. The van der Waals surface area contributed by atoms with Crippen molar-refractivity contribution in [3.8, 4) is 107 Å². The van der Waals surface area contributed by atoms with E-state index in [9.17, 15) is 14.3 Å². The first-order valence-corrected chi connectivity index (χ1v) is 14.2. The van der Waals surface area contributed by atoms with Crippen LogP contribution in [0.15, 0.2) is 52.3 Å². The number of unbranched alkanes of at least 4 members (excludes halogenated alkanes) is 3. The summed E-state index contributed by atoms with van der Waals surface area (Å²) in [5.41, 5.74) is 18.7. The van der Waals surface area contributed by atoms with Gasteiger partial charge in [0.05, 0.1) is 12.2 Å². The first-order chi connectivity index (χ1) is 21.4. The highest BCUT2D eigenvalue weighted by Gasteiger charge is 2.20. The van der Waals surface area contributed by atoms with Gasteiger partial charge in [0.25, 0.3) is 0 Å². The topological polar surface area (TPSA) is 84.9 Å². The number of phosphoric acid groups is 1. The molecule has 0 aromatic heterocycles. The molecule has 0 aliphatic heterocycles. The summed E-state index contributed by atoms with van der Waals surface area (Å²) in [6.07, 6.45) is 5.66. The Morgan fingerprint density at radius 2 is 1.23 bits per heavy atom. The molecule has 0 rings (SSSR count). The number of amides is 1. The van der Waals surface area contributed by atoms with E-state index in [1.54, 1.807) is 0 Å². The molecule has 0 fully saturated rings. The third-order valence-corrected chi connectivity index (χ3v) is 4.80. The number of hydrogen-bond acceptors (Lipinski definition) is 4. The predicted octanol–water partition coefficient (Wildman–Crippen LogP) is 3.86. The van der Waals surface area contributed by atoms with Crippen LogP contribution in [-0.2, 0) is 18.4 Å². The van der Waals surface area contributed by atoms with Crippen molar-refractivity contribution < 1.29 is 23.3 Å². The van der Waals surface area contributed by atoms with Crippen molar-refractivity contribution >= 4 is 13.7 Å². The Morgan fingerprint density at radius 1 is 0.727 bits per heavy atom. The summed E-state index contributed by atoms with van der Waals surface area (Å²) >= 11 is 0. The van der Waals surface area contributed by atoms with Gasteiger partial charge in [0.15, 0.2) is 0 Å². The van der Waals surface area contributed by atoms with Gasteiger partial charge in [-0.15, -0.1) is 0 Å². The first kappa shape index (κ1) is 37.7. The van der Waals surface area contributed by atoms with Gasteiger partial charge in [0.1, 0.15) is 6.11 Å². The zero-order valence-corrected chi connectivity index (χ0v) is 25.1. The molecular weight excluding hydrogens is 569 g/mol. The molecule has 7 heteroatoms. The van der Waals surface area contributed by atoms with Crippen LogP contribution >= 0.6 is 7.82 Å². The minimum absolute atomic E-state index is 0.0407. The summed E-state index contributed by atoms with van der Waals surface area (Å²) in [6, 6.07) is 0. The Morgan fingerprint density at radius 3 is 1.77 bits per heavy atom. The van der Waals surface area contributed by atoms with Gasteiger partial charge in [-0.05, 0) is 114 Å². The molecular formula is C37H24NO5P. The zero-order valence-electron chi connectivity index (χ0n) is 24.2. The van der Waals surface area contributed by atoms with E-state index < -0.39 is 7.82 Å². The second-order valence-corrected chi connectivity index (χ2v) is 8.65. The molecule has 0 heterocycles. The first-order valence-electron chi connectivity index (χ1n) is 12.7. The van der Waals surface area contributed by atoms with Crippen molar-refractivity contribution in [3.63, 3.8) is 0 Å². The summed E-state index contributed by atoms with van der Waals surface area (Å²) in [4.78, 5) is 20.3. The molecule has 0 spiro atoms. The number of nitrogens with one attached hydrogen (secondary N) is 1. The number of carbonyl (C=O) groups is 1. The molecule has 0 saturated heterocycles. The monoisotopic (exact) mass is 593 g/mol. The lowest BCUT2D eigenvalue weighted by molar-refractivity contribution is -0.118. The van der Waals surface area contributed by atoms with Crippen LogP contribution in [0.5, 0.6) is 0 Å².